The summed E-state index contributed by atoms with van der Waals surface area (Å²) in [6.07, 6.45) is 34.5. The van der Waals surface area contributed by atoms with Gasteiger partial charge in [-0.05, 0) is 336 Å². The molecule has 14 nitrogen and oxygen atoms in total. The molecule has 0 amide bonds. The third kappa shape index (κ3) is 24.4. The largest absolute Gasteiger partial charge is 0.411 e. The van der Waals surface area contributed by atoms with Gasteiger partial charge >= 0.3 is 0 Å². The van der Waals surface area contributed by atoms with Gasteiger partial charge in [0.1, 0.15) is 16.8 Å². The van der Waals surface area contributed by atoms with Crippen molar-refractivity contribution in [1.82, 2.24) is 0 Å². The lowest BCUT2D eigenvalue weighted by molar-refractivity contribution is -0.144. The summed E-state index contributed by atoms with van der Waals surface area (Å²) in [7, 11) is -6.13. The Morgan fingerprint density at radius 3 is 0.928 bits per heavy atom. The Balaban J connectivity index is 0.000000241. The maximum absolute atomic E-state index is 10.2. The highest BCUT2D eigenvalue weighted by atomic mass is 28.4. The summed E-state index contributed by atoms with van der Waals surface area (Å²) in [5, 5.41) is 81.5. The second kappa shape index (κ2) is 36.9. The average Bonchev–Trinajstić information content (AvgIpc) is 1.70. The van der Waals surface area contributed by atoms with Gasteiger partial charge in [0.05, 0.1) is 66.1 Å². The van der Waals surface area contributed by atoms with Crippen LogP contribution in [0.25, 0.3) is 0 Å². The molecular formula is C94H170O14Si3. The van der Waals surface area contributed by atoms with Crippen LogP contribution in [0.1, 0.15) is 306 Å². The molecule has 9 fully saturated rings. The fourth-order valence-corrected chi connectivity index (χ4v) is 25.2. The second-order valence-electron chi connectivity index (χ2n) is 45.0. The van der Waals surface area contributed by atoms with Gasteiger partial charge in [-0.3, -0.25) is 0 Å². The number of rotatable bonds is 23. The Bertz CT molecular complexity index is 3020. The molecule has 0 radical (unpaired) electrons. The number of ether oxygens (including phenoxy) is 3. The lowest BCUT2D eigenvalue weighted by Gasteiger charge is -2.55. The molecule has 0 bridgehead atoms. The SMILES string of the molecule is C[C@@H](OCCC(C)(C)C)C1CCC2/C(=C/C=C3C[C@@H](O[Si](C)(C)C(C)(C)C)C(C)(O[Si](C)(C)C)[C@H](O[Si](C)(C)C(C)(C)C)C3)CCCC21C.C[C@@H](OCCC(C)(C)O)C1CCC2/C(=C/C=C3C[C@@H](O)C(C)(O)[C@H](O)C3)CCCC21C.C[C@@H](OCCC(C)(C)O)C1CCC2/C(=C/C=C3C[C@@H](O)C(C)(O)[C@H](O)C3)CCCC21C. The third-order valence-corrected chi connectivity index (χ3v) is 40.6. The summed E-state index contributed by atoms with van der Waals surface area (Å²) in [6.45, 7) is 66.6. The molecule has 9 aliphatic rings. The van der Waals surface area contributed by atoms with E-state index in [9.17, 15) is 40.9 Å². The predicted octanol–water partition coefficient (Wildman–Crippen LogP) is 20.9. The molecule has 9 aliphatic carbocycles. The van der Waals surface area contributed by atoms with Crippen LogP contribution in [0.3, 0.4) is 0 Å². The summed E-state index contributed by atoms with van der Waals surface area (Å²) in [5.41, 5.74) is 4.45. The van der Waals surface area contributed by atoms with E-state index in [-0.39, 0.29) is 45.3 Å². The van der Waals surface area contributed by atoms with Gasteiger partial charge in [0.2, 0.25) is 0 Å². The number of aliphatic hydroxyl groups excluding tert-OH is 4. The standard InChI is InChI=1S/C42H82O4Si3.2C26H44O5/c1-31(43-28-27-38(2,3)4)34-24-25-35-33(21-20-26-41(34,35)11)23-22-32-29-36(44-48(16,17)39(5,6)7)42(12,46-47(13,14)15)37(30-32)45-49(18,19)40(8,9)10;2*1-17(31-14-13-24(2,3)29)20-10-11-21-19(7-6-12-25(20,21)4)9-8-18-15-22(27)26(5,30)23(28)16-18/h22-23,31,34-37H,20-21,24-30H2,1-19H3;2*8-9,17,20-23,27-30H,6-7,10-16H2,1-5H3/b32-22?,33-23+;2*18-8?,19-9+/t31-,34?,35?,36-,37-,41?,42?;2*17-,20?,21?,22-,23-,25?,26?/m111/s1. The number of allylic oxidation sites excluding steroid dienone is 9. The number of aliphatic hydroxyl groups is 8. The Labute approximate surface area is 681 Å². The van der Waals surface area contributed by atoms with E-state index >= 15 is 0 Å². The number of hydrogen-bond donors (Lipinski definition) is 8. The molecule has 0 aliphatic heterocycles. The zero-order valence-corrected chi connectivity index (χ0v) is 79.2. The lowest BCUT2D eigenvalue weighted by atomic mass is 9.62. The quantitative estimate of drug-likeness (QED) is 0.0447. The lowest BCUT2D eigenvalue weighted by Crippen LogP contribution is -2.65. The third-order valence-electron chi connectivity index (χ3n) is 30.5. The van der Waals surface area contributed by atoms with Crippen LogP contribution in [0.4, 0.5) is 0 Å². The zero-order valence-electron chi connectivity index (χ0n) is 76.2. The van der Waals surface area contributed by atoms with Gasteiger partial charge < -0.3 is 68.3 Å². The highest BCUT2D eigenvalue weighted by molar-refractivity contribution is 6.74. The Hall–Kier alpha value is -1.47. The van der Waals surface area contributed by atoms with Crippen molar-refractivity contribution in [3.63, 3.8) is 0 Å². The molecule has 9 saturated carbocycles. The molecule has 111 heavy (non-hydrogen) atoms. The molecule has 9 rings (SSSR count). The normalized spacial score (nSPS) is 37.4. The maximum atomic E-state index is 10.2. The van der Waals surface area contributed by atoms with Crippen molar-refractivity contribution in [1.29, 1.82) is 0 Å². The van der Waals surface area contributed by atoms with Crippen molar-refractivity contribution in [2.75, 3.05) is 19.8 Å². The molecular weight excluding hydrogens is 1440 g/mol. The number of hydrogen-bond acceptors (Lipinski definition) is 14. The van der Waals surface area contributed by atoms with Crippen molar-refractivity contribution in [2.45, 2.75) is 445 Å². The molecule has 0 spiro atoms. The van der Waals surface area contributed by atoms with Crippen LogP contribution in [0, 0.1) is 57.2 Å². The van der Waals surface area contributed by atoms with E-state index in [4.69, 9.17) is 27.5 Å². The maximum Gasteiger partial charge on any atom is 0.192 e. The summed E-state index contributed by atoms with van der Waals surface area (Å²) < 4.78 is 41.1. The smallest absolute Gasteiger partial charge is 0.192 e. The predicted molar refractivity (Wildman–Crippen MR) is 465 cm³/mol. The minimum absolute atomic E-state index is 0.0353. The van der Waals surface area contributed by atoms with Crippen molar-refractivity contribution < 1.29 is 68.3 Å². The topological polar surface area (TPSA) is 217 Å². The first-order valence-electron chi connectivity index (χ1n) is 44.3. The monoisotopic (exact) mass is 1610 g/mol. The summed E-state index contributed by atoms with van der Waals surface area (Å²) in [6, 6.07) is 0. The molecule has 9 unspecified atom stereocenters. The minimum Gasteiger partial charge on any atom is -0.411 e. The van der Waals surface area contributed by atoms with E-state index in [1.54, 1.807) is 5.57 Å². The van der Waals surface area contributed by atoms with E-state index in [2.05, 4.69) is 193 Å². The van der Waals surface area contributed by atoms with Crippen LogP contribution in [-0.4, -0.2) is 169 Å². The second-order valence-corrected chi connectivity index (χ2v) is 59.0. The van der Waals surface area contributed by atoms with Crippen LogP contribution in [-0.2, 0) is 27.5 Å². The molecule has 0 heterocycles. The van der Waals surface area contributed by atoms with Crippen molar-refractivity contribution >= 4 is 25.0 Å². The summed E-state index contributed by atoms with van der Waals surface area (Å²) in [5.74, 6) is 3.41. The van der Waals surface area contributed by atoms with Crippen LogP contribution in [0.15, 0.2) is 69.9 Å². The molecule has 0 aromatic heterocycles. The van der Waals surface area contributed by atoms with Gasteiger partial charge in [-0.1, -0.05) is 153 Å². The molecule has 17 heteroatoms. The van der Waals surface area contributed by atoms with E-state index in [0.29, 0.717) is 104 Å². The van der Waals surface area contributed by atoms with Gasteiger partial charge in [-0.25, -0.2) is 0 Å². The van der Waals surface area contributed by atoms with E-state index in [0.717, 1.165) is 49.9 Å². The summed E-state index contributed by atoms with van der Waals surface area (Å²) in [4.78, 5) is 0. The first-order valence-corrected chi connectivity index (χ1v) is 53.5. The Morgan fingerprint density at radius 2 is 0.676 bits per heavy atom. The highest BCUT2D eigenvalue weighted by Gasteiger charge is 2.58. The van der Waals surface area contributed by atoms with Crippen LogP contribution in [0.5, 0.6) is 0 Å². The Kier molecular flexibility index (Phi) is 32.1. The molecule has 0 aromatic rings. The summed E-state index contributed by atoms with van der Waals surface area (Å²) >= 11 is 0. The zero-order chi connectivity index (χ0) is 83.7. The minimum atomic E-state index is -2.10. The van der Waals surface area contributed by atoms with E-state index < -0.39 is 77.4 Å². The van der Waals surface area contributed by atoms with Crippen LogP contribution >= 0.6 is 0 Å². The van der Waals surface area contributed by atoms with Gasteiger partial charge in [0.15, 0.2) is 25.0 Å². The van der Waals surface area contributed by atoms with Crippen LogP contribution < -0.4 is 0 Å². The molecule has 18 atom stereocenters. The molecule has 0 saturated heterocycles. The average molecular weight is 1610 g/mol. The van der Waals surface area contributed by atoms with E-state index in [1.165, 1.54) is 114 Å². The highest BCUT2D eigenvalue weighted by Crippen LogP contribution is 2.62. The first kappa shape index (κ1) is 96.7. The fourth-order valence-electron chi connectivity index (χ4n) is 20.9. The Morgan fingerprint density at radius 1 is 0.405 bits per heavy atom. The van der Waals surface area contributed by atoms with Gasteiger partial charge in [-0.15, -0.1) is 0 Å². The van der Waals surface area contributed by atoms with Crippen molar-refractivity contribution in [3.05, 3.63) is 69.9 Å². The van der Waals surface area contributed by atoms with Crippen molar-refractivity contribution in [3.8, 4) is 0 Å². The number of fused-ring (bicyclic) bond motifs is 3. The first-order chi connectivity index (χ1) is 50.6. The molecule has 8 N–H and O–H groups in total. The van der Waals surface area contributed by atoms with Gasteiger partial charge in [0.25, 0.3) is 0 Å². The van der Waals surface area contributed by atoms with Crippen LogP contribution in [0.2, 0.25) is 55.9 Å². The molecule has 0 aromatic carbocycles. The molecule has 642 valence electrons. The van der Waals surface area contributed by atoms with Gasteiger partial charge in [0, 0.05) is 19.8 Å². The van der Waals surface area contributed by atoms with Gasteiger partial charge in [-0.2, -0.15) is 0 Å². The van der Waals surface area contributed by atoms with E-state index in [1.807, 2.05) is 27.7 Å². The van der Waals surface area contributed by atoms with Crippen molar-refractivity contribution in [2.24, 2.45) is 57.2 Å². The fraction of sp³-hybridized carbons (Fsp3) is 0.872.